The third-order valence-corrected chi connectivity index (χ3v) is 2.03. The molecule has 0 aliphatic heterocycles. The van der Waals surface area contributed by atoms with Gasteiger partial charge in [0.1, 0.15) is 0 Å². The molecule has 0 bridgehead atoms. The van der Waals surface area contributed by atoms with Crippen molar-refractivity contribution in [3.05, 3.63) is 12.4 Å². The normalized spacial score (nSPS) is 13.2. The lowest BCUT2D eigenvalue weighted by Crippen LogP contribution is -2.26. The zero-order valence-corrected chi connectivity index (χ0v) is 8.95. The molecule has 17 heavy (non-hydrogen) atoms. The van der Waals surface area contributed by atoms with E-state index in [0.717, 1.165) is 6.92 Å². The summed E-state index contributed by atoms with van der Waals surface area (Å²) < 4.78 is 36.6. The number of nitrogens with two attached hydrogens (primary N) is 1. The molecule has 5 nitrogen and oxygen atoms in total. The SMILES string of the molecule is CC(CC(=O)Nc1nccnc1N)C(F)(F)F. The first-order valence-corrected chi connectivity index (χ1v) is 4.73. The van der Waals surface area contributed by atoms with Gasteiger partial charge in [0.05, 0.1) is 5.92 Å². The number of hydrogen-bond donors (Lipinski definition) is 2. The van der Waals surface area contributed by atoms with Crippen molar-refractivity contribution in [1.82, 2.24) is 9.97 Å². The van der Waals surface area contributed by atoms with Gasteiger partial charge in [-0.2, -0.15) is 13.2 Å². The zero-order chi connectivity index (χ0) is 13.1. The molecule has 1 aromatic rings. The minimum atomic E-state index is -4.40. The van der Waals surface area contributed by atoms with Gasteiger partial charge in [-0.25, -0.2) is 9.97 Å². The molecule has 94 valence electrons. The Bertz CT molecular complexity index is 407. The van der Waals surface area contributed by atoms with Crippen molar-refractivity contribution < 1.29 is 18.0 Å². The Morgan fingerprint density at radius 2 is 2.06 bits per heavy atom. The lowest BCUT2D eigenvalue weighted by atomic mass is 10.1. The summed E-state index contributed by atoms with van der Waals surface area (Å²) in [6.07, 6.45) is -2.49. The molecule has 8 heteroatoms. The smallest absolute Gasteiger partial charge is 0.381 e. The average Bonchev–Trinajstić information content (AvgIpc) is 2.20. The van der Waals surface area contributed by atoms with Gasteiger partial charge in [0.15, 0.2) is 11.6 Å². The van der Waals surface area contributed by atoms with Crippen molar-refractivity contribution >= 4 is 17.5 Å². The number of halogens is 3. The predicted molar refractivity (Wildman–Crippen MR) is 54.9 cm³/mol. The number of amides is 1. The molecule has 1 atom stereocenters. The van der Waals surface area contributed by atoms with Crippen molar-refractivity contribution in [2.45, 2.75) is 19.5 Å². The Labute approximate surface area is 95.2 Å². The highest BCUT2D eigenvalue weighted by atomic mass is 19.4. The molecular weight excluding hydrogens is 237 g/mol. The van der Waals surface area contributed by atoms with Gasteiger partial charge in [0.25, 0.3) is 0 Å². The molecule has 1 rings (SSSR count). The summed E-state index contributed by atoms with van der Waals surface area (Å²) in [5.74, 6) is -2.60. The molecule has 0 aliphatic rings. The molecule has 1 heterocycles. The largest absolute Gasteiger partial charge is 0.392 e. The van der Waals surface area contributed by atoms with Gasteiger partial charge in [0, 0.05) is 18.8 Å². The first kappa shape index (κ1) is 13.2. The summed E-state index contributed by atoms with van der Waals surface area (Å²) in [7, 11) is 0. The molecule has 0 saturated carbocycles. The van der Waals surface area contributed by atoms with Gasteiger partial charge < -0.3 is 11.1 Å². The summed E-state index contributed by atoms with van der Waals surface area (Å²) in [6.45, 7) is 0.930. The minimum absolute atomic E-state index is 0.0353. The lowest BCUT2D eigenvalue weighted by molar-refractivity contribution is -0.173. The van der Waals surface area contributed by atoms with E-state index in [0.29, 0.717) is 0 Å². The van der Waals surface area contributed by atoms with Gasteiger partial charge in [-0.15, -0.1) is 0 Å². The number of carbonyl (C=O) groups excluding carboxylic acids is 1. The monoisotopic (exact) mass is 248 g/mol. The summed E-state index contributed by atoms with van der Waals surface area (Å²) in [5.41, 5.74) is 5.37. The van der Waals surface area contributed by atoms with Crippen LogP contribution in [0.3, 0.4) is 0 Å². The van der Waals surface area contributed by atoms with E-state index >= 15 is 0 Å². The van der Waals surface area contributed by atoms with Crippen LogP contribution in [0, 0.1) is 5.92 Å². The van der Waals surface area contributed by atoms with Crippen molar-refractivity contribution in [2.24, 2.45) is 5.92 Å². The Balaban J connectivity index is 2.60. The Hall–Kier alpha value is -1.86. The second-order valence-electron chi connectivity index (χ2n) is 3.49. The highest BCUT2D eigenvalue weighted by Crippen LogP contribution is 2.28. The van der Waals surface area contributed by atoms with Crippen LogP contribution in [-0.2, 0) is 4.79 Å². The molecule has 3 N–H and O–H groups in total. The molecule has 1 unspecified atom stereocenters. The maximum absolute atomic E-state index is 12.2. The summed E-state index contributed by atoms with van der Waals surface area (Å²) in [6, 6.07) is 0. The first-order chi connectivity index (χ1) is 7.80. The van der Waals surface area contributed by atoms with E-state index in [1.165, 1.54) is 12.4 Å². The maximum Gasteiger partial charge on any atom is 0.392 e. The molecule has 0 fully saturated rings. The number of aromatic nitrogens is 2. The van der Waals surface area contributed by atoms with Crippen molar-refractivity contribution in [3.8, 4) is 0 Å². The number of rotatable bonds is 3. The third kappa shape index (κ3) is 3.89. The van der Waals surface area contributed by atoms with E-state index < -0.39 is 24.4 Å². The van der Waals surface area contributed by atoms with Gasteiger partial charge in [-0.05, 0) is 0 Å². The molecule has 0 spiro atoms. The zero-order valence-electron chi connectivity index (χ0n) is 8.95. The first-order valence-electron chi connectivity index (χ1n) is 4.73. The van der Waals surface area contributed by atoms with Crippen LogP contribution in [0.25, 0.3) is 0 Å². The van der Waals surface area contributed by atoms with Gasteiger partial charge in [-0.3, -0.25) is 4.79 Å². The molecule has 0 aromatic carbocycles. The fourth-order valence-corrected chi connectivity index (χ4v) is 1.02. The van der Waals surface area contributed by atoms with Crippen LogP contribution in [0.1, 0.15) is 13.3 Å². The average molecular weight is 248 g/mol. The fraction of sp³-hybridized carbons (Fsp3) is 0.444. The van der Waals surface area contributed by atoms with Crippen LogP contribution < -0.4 is 11.1 Å². The van der Waals surface area contributed by atoms with E-state index in [-0.39, 0.29) is 11.6 Å². The summed E-state index contributed by atoms with van der Waals surface area (Å²) in [5, 5.41) is 2.18. The third-order valence-electron chi connectivity index (χ3n) is 2.03. The van der Waals surface area contributed by atoms with Crippen LogP contribution in [0.5, 0.6) is 0 Å². The molecule has 0 radical (unpaired) electrons. The number of alkyl halides is 3. The van der Waals surface area contributed by atoms with Crippen molar-refractivity contribution in [2.75, 3.05) is 11.1 Å². The Kier molecular flexibility index (Phi) is 3.87. The van der Waals surface area contributed by atoms with E-state index in [1.54, 1.807) is 0 Å². The molecule has 0 aliphatic carbocycles. The van der Waals surface area contributed by atoms with Crippen LogP contribution >= 0.6 is 0 Å². The second kappa shape index (κ2) is 4.98. The summed E-state index contributed by atoms with van der Waals surface area (Å²) in [4.78, 5) is 18.6. The van der Waals surface area contributed by atoms with Gasteiger partial charge in [0.2, 0.25) is 5.91 Å². The number of carbonyl (C=O) groups is 1. The fourth-order valence-electron chi connectivity index (χ4n) is 1.02. The van der Waals surface area contributed by atoms with Gasteiger partial charge in [-0.1, -0.05) is 6.92 Å². The van der Waals surface area contributed by atoms with E-state index in [9.17, 15) is 18.0 Å². The molecular formula is C9H11F3N4O. The Morgan fingerprint density at radius 3 is 2.59 bits per heavy atom. The molecule has 1 amide bonds. The molecule has 1 aromatic heterocycles. The highest BCUT2D eigenvalue weighted by molar-refractivity contribution is 5.91. The second-order valence-corrected chi connectivity index (χ2v) is 3.49. The molecule has 0 saturated heterocycles. The van der Waals surface area contributed by atoms with E-state index in [4.69, 9.17) is 5.73 Å². The number of nitrogens with zero attached hydrogens (tertiary/aromatic N) is 2. The van der Waals surface area contributed by atoms with Crippen LogP contribution in [0.15, 0.2) is 12.4 Å². The minimum Gasteiger partial charge on any atom is -0.381 e. The Morgan fingerprint density at radius 1 is 1.47 bits per heavy atom. The van der Waals surface area contributed by atoms with Gasteiger partial charge >= 0.3 is 6.18 Å². The standard InChI is InChI=1S/C9H11F3N4O/c1-5(9(10,11)12)4-6(17)16-8-7(13)14-2-3-15-8/h2-3,5H,4H2,1H3,(H2,13,14)(H,15,16,17). The van der Waals surface area contributed by atoms with Crippen LogP contribution in [0.2, 0.25) is 0 Å². The van der Waals surface area contributed by atoms with Crippen LogP contribution in [-0.4, -0.2) is 22.1 Å². The van der Waals surface area contributed by atoms with Crippen LogP contribution in [0.4, 0.5) is 24.8 Å². The number of nitrogens with one attached hydrogen (secondary N) is 1. The lowest BCUT2D eigenvalue weighted by Gasteiger charge is -2.14. The topological polar surface area (TPSA) is 80.9 Å². The maximum atomic E-state index is 12.2. The van der Waals surface area contributed by atoms with E-state index in [2.05, 4.69) is 15.3 Å². The number of nitrogen functional groups attached to an aromatic ring is 1. The highest BCUT2D eigenvalue weighted by Gasteiger charge is 2.37. The summed E-state index contributed by atoms with van der Waals surface area (Å²) >= 11 is 0. The number of anilines is 2. The van der Waals surface area contributed by atoms with Crippen molar-refractivity contribution in [1.29, 1.82) is 0 Å². The van der Waals surface area contributed by atoms with E-state index in [1.807, 2.05) is 0 Å². The number of hydrogen-bond acceptors (Lipinski definition) is 4. The predicted octanol–water partition coefficient (Wildman–Crippen LogP) is 1.59. The van der Waals surface area contributed by atoms with Crippen molar-refractivity contribution in [3.63, 3.8) is 0 Å². The quantitative estimate of drug-likeness (QED) is 0.851.